The van der Waals surface area contributed by atoms with Gasteiger partial charge in [-0.05, 0) is 30.7 Å². The van der Waals surface area contributed by atoms with Gasteiger partial charge in [-0.15, -0.1) is 0 Å². The summed E-state index contributed by atoms with van der Waals surface area (Å²) in [7, 11) is 3.40. The van der Waals surface area contributed by atoms with Crippen LogP contribution >= 0.6 is 11.8 Å². The van der Waals surface area contributed by atoms with Crippen molar-refractivity contribution in [3.8, 4) is 0 Å². The number of hydrogen-bond acceptors (Lipinski definition) is 6. The molecule has 0 atom stereocenters. The third kappa shape index (κ3) is 3.06. The van der Waals surface area contributed by atoms with Crippen molar-refractivity contribution in [2.45, 2.75) is 18.1 Å². The van der Waals surface area contributed by atoms with Crippen molar-refractivity contribution in [1.82, 2.24) is 33.1 Å². The second kappa shape index (κ2) is 7.84. The molecule has 9 nitrogen and oxygen atoms in total. The molecule has 0 aliphatic rings. The molecule has 6 rings (SSSR count). The maximum atomic E-state index is 12.9. The van der Waals surface area contributed by atoms with Crippen molar-refractivity contribution in [1.29, 1.82) is 0 Å². The van der Waals surface area contributed by atoms with Crippen LogP contribution in [0.2, 0.25) is 0 Å². The molecular weight excluding hydrogens is 450 g/mol. The molecule has 0 fully saturated rings. The van der Waals surface area contributed by atoms with Crippen LogP contribution < -0.4 is 11.2 Å². The molecule has 0 saturated carbocycles. The minimum absolute atomic E-state index is 0.310. The summed E-state index contributed by atoms with van der Waals surface area (Å²) >= 11 is 1.60. The van der Waals surface area contributed by atoms with E-state index in [0.717, 1.165) is 32.7 Å². The van der Waals surface area contributed by atoms with E-state index in [1.807, 2.05) is 48.5 Å². The first-order valence-electron chi connectivity index (χ1n) is 10.9. The molecule has 10 heteroatoms. The van der Waals surface area contributed by atoms with E-state index in [2.05, 4.69) is 9.38 Å². The highest BCUT2D eigenvalue weighted by molar-refractivity contribution is 7.99. The number of rotatable bonds is 5. The highest BCUT2D eigenvalue weighted by Crippen LogP contribution is 2.29. The number of aryl methyl sites for hydroxylation is 2. The molecule has 170 valence electrons. The predicted octanol–water partition coefficient (Wildman–Crippen LogP) is 2.97. The fourth-order valence-electron chi connectivity index (χ4n) is 4.39. The lowest BCUT2D eigenvalue weighted by molar-refractivity contribution is 0.594. The first-order valence-corrected chi connectivity index (χ1v) is 11.9. The maximum Gasteiger partial charge on any atom is 0.332 e. The predicted molar refractivity (Wildman–Crippen MR) is 134 cm³/mol. The van der Waals surface area contributed by atoms with Crippen LogP contribution in [0.25, 0.3) is 38.7 Å². The van der Waals surface area contributed by atoms with Crippen molar-refractivity contribution >= 4 is 50.5 Å². The summed E-state index contributed by atoms with van der Waals surface area (Å²) < 4.78 is 6.47. The number of thioether (sulfide) groups is 1. The zero-order chi connectivity index (χ0) is 23.4. The van der Waals surface area contributed by atoms with Gasteiger partial charge in [0.1, 0.15) is 5.65 Å². The summed E-state index contributed by atoms with van der Waals surface area (Å²) in [5, 5.41) is 1.84. The van der Waals surface area contributed by atoms with Crippen molar-refractivity contribution < 1.29 is 0 Å². The largest absolute Gasteiger partial charge is 0.332 e. The highest BCUT2D eigenvalue weighted by Gasteiger charge is 2.16. The maximum absolute atomic E-state index is 12.9. The van der Waals surface area contributed by atoms with Gasteiger partial charge in [-0.25, -0.2) is 19.7 Å². The Labute approximate surface area is 197 Å². The average molecular weight is 472 g/mol. The van der Waals surface area contributed by atoms with Gasteiger partial charge in [0.2, 0.25) is 0 Å². The quantitative estimate of drug-likeness (QED) is 0.218. The molecule has 0 amide bonds. The van der Waals surface area contributed by atoms with Crippen LogP contribution in [0.15, 0.2) is 69.6 Å². The van der Waals surface area contributed by atoms with Gasteiger partial charge in [-0.2, -0.15) is 0 Å². The highest BCUT2D eigenvalue weighted by atomic mass is 32.2. The molecule has 34 heavy (non-hydrogen) atoms. The molecule has 0 radical (unpaired) electrons. The zero-order valence-electron chi connectivity index (χ0n) is 18.7. The third-order valence-electron chi connectivity index (χ3n) is 6.07. The van der Waals surface area contributed by atoms with Gasteiger partial charge >= 0.3 is 5.69 Å². The van der Waals surface area contributed by atoms with Crippen LogP contribution in [0.3, 0.4) is 0 Å². The summed E-state index contributed by atoms with van der Waals surface area (Å²) in [4.78, 5) is 39.6. The first kappa shape index (κ1) is 20.7. The van der Waals surface area contributed by atoms with Gasteiger partial charge in [0.25, 0.3) is 5.56 Å². The van der Waals surface area contributed by atoms with E-state index in [9.17, 15) is 9.59 Å². The standard InChI is InChI=1S/C24H21N7O2S/c1-28-14-25-21-19(28)22(32)30(24(33)29(21)2)12-7-13-34-23-27-16-9-4-3-8-15(16)20-26-17-10-5-6-11-18(17)31(20)23/h3-6,8-11,14H,7,12-13H2,1-2H3. The Balaban J connectivity index is 1.34. The fourth-order valence-corrected chi connectivity index (χ4v) is 5.32. The van der Waals surface area contributed by atoms with Gasteiger partial charge in [-0.3, -0.25) is 18.3 Å². The van der Waals surface area contributed by atoms with Crippen molar-refractivity contribution in [2.75, 3.05) is 5.75 Å². The summed E-state index contributed by atoms with van der Waals surface area (Å²) in [5.41, 5.74) is 3.85. The number of nitrogens with zero attached hydrogens (tertiary/aromatic N) is 7. The summed E-state index contributed by atoms with van der Waals surface area (Å²) in [6, 6.07) is 16.0. The summed E-state index contributed by atoms with van der Waals surface area (Å²) in [6.45, 7) is 0.320. The Kier molecular flexibility index (Phi) is 4.77. The zero-order valence-corrected chi connectivity index (χ0v) is 19.5. The normalized spacial score (nSPS) is 11.9. The Morgan fingerprint density at radius 1 is 0.912 bits per heavy atom. The Bertz CT molecular complexity index is 1840. The molecule has 0 bridgehead atoms. The number of hydrogen-bond donors (Lipinski definition) is 0. The second-order valence-corrected chi connectivity index (χ2v) is 9.26. The van der Waals surface area contributed by atoms with Crippen molar-refractivity contribution in [2.24, 2.45) is 14.1 Å². The van der Waals surface area contributed by atoms with Gasteiger partial charge in [0, 0.05) is 31.8 Å². The van der Waals surface area contributed by atoms with Crippen molar-refractivity contribution in [3.63, 3.8) is 0 Å². The lowest BCUT2D eigenvalue weighted by Crippen LogP contribution is -2.39. The SMILES string of the molecule is Cn1cnc2c1c(=O)n(CCCSc1nc3ccccc3c3nc4ccccc4n13)c(=O)n2C. The minimum atomic E-state index is -0.354. The van der Waals surface area contributed by atoms with Crippen LogP contribution in [-0.4, -0.2) is 38.8 Å². The lowest BCUT2D eigenvalue weighted by atomic mass is 10.2. The van der Waals surface area contributed by atoms with Gasteiger partial charge < -0.3 is 4.57 Å². The van der Waals surface area contributed by atoms with Gasteiger partial charge in [-0.1, -0.05) is 36.0 Å². The third-order valence-corrected chi connectivity index (χ3v) is 7.10. The minimum Gasteiger partial charge on any atom is -0.328 e. The topological polar surface area (TPSA) is 92.0 Å². The molecule has 0 aliphatic heterocycles. The Morgan fingerprint density at radius 2 is 1.68 bits per heavy atom. The average Bonchev–Trinajstić information content (AvgIpc) is 3.43. The van der Waals surface area contributed by atoms with E-state index >= 15 is 0 Å². The van der Waals surface area contributed by atoms with Crippen LogP contribution in [-0.2, 0) is 20.6 Å². The van der Waals surface area contributed by atoms with E-state index in [-0.39, 0.29) is 11.2 Å². The molecule has 0 N–H and O–H groups in total. The number of imidazole rings is 2. The second-order valence-electron chi connectivity index (χ2n) is 8.20. The number of benzene rings is 2. The molecule has 0 saturated heterocycles. The smallest absolute Gasteiger partial charge is 0.328 e. The molecule has 0 aliphatic carbocycles. The van der Waals surface area contributed by atoms with E-state index in [1.165, 1.54) is 9.13 Å². The van der Waals surface area contributed by atoms with Gasteiger partial charge in [0.05, 0.1) is 22.9 Å². The number of para-hydroxylation sites is 3. The van der Waals surface area contributed by atoms with E-state index in [1.54, 1.807) is 36.8 Å². The molecule has 4 aromatic heterocycles. The molecule has 2 aromatic carbocycles. The van der Waals surface area contributed by atoms with E-state index in [0.29, 0.717) is 29.9 Å². The van der Waals surface area contributed by atoms with Crippen LogP contribution in [0.1, 0.15) is 6.42 Å². The molecule has 4 heterocycles. The summed E-state index contributed by atoms with van der Waals surface area (Å²) in [6.07, 6.45) is 2.18. The Morgan fingerprint density at radius 3 is 2.53 bits per heavy atom. The molecule has 0 spiro atoms. The molecule has 0 unspecified atom stereocenters. The lowest BCUT2D eigenvalue weighted by Gasteiger charge is -2.10. The van der Waals surface area contributed by atoms with Crippen LogP contribution in [0.5, 0.6) is 0 Å². The first-order chi connectivity index (χ1) is 16.5. The Hall–Kier alpha value is -3.92. The molecule has 6 aromatic rings. The summed E-state index contributed by atoms with van der Waals surface area (Å²) in [5.74, 6) is 0.686. The fraction of sp³-hybridized carbons (Fsp3) is 0.208. The number of fused-ring (bicyclic) bond motifs is 6. The number of aromatic nitrogens is 7. The van der Waals surface area contributed by atoms with E-state index < -0.39 is 0 Å². The molecular formula is C24H21N7O2S. The van der Waals surface area contributed by atoms with E-state index in [4.69, 9.17) is 9.97 Å². The van der Waals surface area contributed by atoms with Crippen LogP contribution in [0, 0.1) is 0 Å². The van der Waals surface area contributed by atoms with Crippen molar-refractivity contribution in [3.05, 3.63) is 75.7 Å². The van der Waals surface area contributed by atoms with Crippen LogP contribution in [0.4, 0.5) is 0 Å². The monoisotopic (exact) mass is 471 g/mol. The van der Waals surface area contributed by atoms with Gasteiger partial charge in [0.15, 0.2) is 16.3 Å².